The molecule has 0 saturated carbocycles. The zero-order valence-electron chi connectivity index (χ0n) is 19.7. The highest BCUT2D eigenvalue weighted by Gasteiger charge is 2.27. The molecule has 32 heavy (non-hydrogen) atoms. The highest BCUT2D eigenvalue weighted by atomic mass is 32.1. The molecule has 1 fully saturated rings. The largest absolute Gasteiger partial charge is 0.465 e. The molecular formula is C23H36N4O4S. The van der Waals surface area contributed by atoms with Crippen molar-refractivity contribution in [3.05, 3.63) is 16.0 Å². The molecule has 0 radical (unpaired) electrons. The van der Waals surface area contributed by atoms with Gasteiger partial charge in [0.15, 0.2) is 0 Å². The average Bonchev–Trinajstić information content (AvgIpc) is 2.92. The highest BCUT2D eigenvalue weighted by molar-refractivity contribution is 7.17. The number of hydrogen-bond acceptors (Lipinski definition) is 7. The lowest BCUT2D eigenvalue weighted by Crippen LogP contribution is -2.46. The minimum absolute atomic E-state index is 0.0284. The Morgan fingerprint density at radius 3 is 2.19 bits per heavy atom. The van der Waals surface area contributed by atoms with Crippen LogP contribution in [0.2, 0.25) is 0 Å². The first-order valence-electron chi connectivity index (χ1n) is 11.4. The third-order valence-electron chi connectivity index (χ3n) is 5.74. The molecule has 0 bridgehead atoms. The number of nitrogens with zero attached hydrogens (tertiary/aromatic N) is 2. The summed E-state index contributed by atoms with van der Waals surface area (Å²) in [6.07, 6.45) is 4.87. The van der Waals surface area contributed by atoms with Gasteiger partial charge in [0.1, 0.15) is 5.00 Å². The third kappa shape index (κ3) is 6.76. The van der Waals surface area contributed by atoms with Gasteiger partial charge in [-0.15, -0.1) is 11.3 Å². The molecule has 1 saturated heterocycles. The first-order chi connectivity index (χ1) is 15.2. The number of aryl methyl sites for hydroxylation is 1. The quantitative estimate of drug-likeness (QED) is 0.628. The second kappa shape index (κ2) is 10.8. The van der Waals surface area contributed by atoms with Crippen LogP contribution < -0.4 is 10.6 Å². The molecule has 1 aromatic rings. The number of carbonyl (C=O) groups is 3. The third-order valence-corrected chi connectivity index (χ3v) is 6.95. The van der Waals surface area contributed by atoms with Crippen molar-refractivity contribution in [3.63, 3.8) is 0 Å². The summed E-state index contributed by atoms with van der Waals surface area (Å²) in [6, 6.07) is 0. The first kappa shape index (κ1) is 24.7. The van der Waals surface area contributed by atoms with E-state index in [4.69, 9.17) is 4.74 Å². The van der Waals surface area contributed by atoms with Crippen molar-refractivity contribution in [3.8, 4) is 0 Å². The van der Waals surface area contributed by atoms with Crippen LogP contribution in [-0.4, -0.2) is 79.5 Å². The summed E-state index contributed by atoms with van der Waals surface area (Å²) >= 11 is 1.51. The lowest BCUT2D eigenvalue weighted by Gasteiger charge is -2.25. The smallest absolute Gasteiger partial charge is 0.341 e. The number of fused-ring (bicyclic) bond motifs is 1. The van der Waals surface area contributed by atoms with Crippen molar-refractivity contribution in [2.45, 2.75) is 58.4 Å². The van der Waals surface area contributed by atoms with E-state index in [1.807, 2.05) is 20.8 Å². The van der Waals surface area contributed by atoms with Crippen LogP contribution in [0.4, 0.5) is 5.00 Å². The van der Waals surface area contributed by atoms with Gasteiger partial charge in [0.2, 0.25) is 11.8 Å². The molecule has 9 heteroatoms. The molecule has 0 atom stereocenters. The van der Waals surface area contributed by atoms with Gasteiger partial charge in [0, 0.05) is 23.5 Å². The Balaban J connectivity index is 1.55. The molecule has 178 valence electrons. The van der Waals surface area contributed by atoms with Crippen LogP contribution >= 0.6 is 11.3 Å². The molecular weight excluding hydrogens is 428 g/mol. The summed E-state index contributed by atoms with van der Waals surface area (Å²) in [6.45, 7) is 9.67. The van der Waals surface area contributed by atoms with E-state index >= 15 is 0 Å². The maximum Gasteiger partial charge on any atom is 0.341 e. The summed E-state index contributed by atoms with van der Waals surface area (Å²) < 4.78 is 4.99. The maximum absolute atomic E-state index is 12.8. The Labute approximate surface area is 194 Å². The monoisotopic (exact) mass is 464 g/mol. The van der Waals surface area contributed by atoms with E-state index in [0.717, 1.165) is 63.8 Å². The van der Waals surface area contributed by atoms with Crippen molar-refractivity contribution in [1.82, 2.24) is 15.1 Å². The van der Waals surface area contributed by atoms with Gasteiger partial charge in [-0.3, -0.25) is 19.4 Å². The first-order valence-corrected chi connectivity index (χ1v) is 12.3. The number of anilines is 1. The molecule has 0 spiro atoms. The standard InChI is InChI=1S/C23H36N4O4S/c1-23(2,3)25-19(29)15-27-11-7-10-26(12-13-27)14-18(28)24-21-20(22(30)31-4)16-8-5-6-9-17(16)32-21/h5-15H2,1-4H3,(H,24,28)(H,25,29). The molecule has 2 amide bonds. The van der Waals surface area contributed by atoms with Crippen LogP contribution in [0.3, 0.4) is 0 Å². The van der Waals surface area contributed by atoms with Gasteiger partial charge in [-0.05, 0) is 71.5 Å². The molecule has 2 heterocycles. The van der Waals surface area contributed by atoms with Gasteiger partial charge in [-0.25, -0.2) is 4.79 Å². The number of thiophene rings is 1. The number of amides is 2. The highest BCUT2D eigenvalue weighted by Crippen LogP contribution is 2.38. The molecule has 1 aromatic heterocycles. The normalized spacial score (nSPS) is 17.9. The predicted molar refractivity (Wildman–Crippen MR) is 126 cm³/mol. The fraction of sp³-hybridized carbons (Fsp3) is 0.696. The summed E-state index contributed by atoms with van der Waals surface area (Å²) in [5.74, 6) is -0.466. The zero-order chi connectivity index (χ0) is 23.3. The van der Waals surface area contributed by atoms with E-state index < -0.39 is 0 Å². The molecule has 8 nitrogen and oxygen atoms in total. The summed E-state index contributed by atoms with van der Waals surface area (Å²) in [7, 11) is 1.38. The Kier molecular flexibility index (Phi) is 8.30. The molecule has 2 N–H and O–H groups in total. The molecule has 1 aliphatic heterocycles. The minimum Gasteiger partial charge on any atom is -0.465 e. The van der Waals surface area contributed by atoms with Gasteiger partial charge in [-0.2, -0.15) is 0 Å². The molecule has 0 aromatic carbocycles. The van der Waals surface area contributed by atoms with Crippen molar-refractivity contribution < 1.29 is 19.1 Å². The minimum atomic E-state index is -0.376. The second-order valence-electron chi connectivity index (χ2n) is 9.66. The van der Waals surface area contributed by atoms with E-state index in [-0.39, 0.29) is 29.9 Å². The number of esters is 1. The molecule has 2 aliphatic rings. The van der Waals surface area contributed by atoms with Crippen LogP contribution in [0.25, 0.3) is 0 Å². The zero-order valence-corrected chi connectivity index (χ0v) is 20.5. The number of ether oxygens (including phenoxy) is 1. The van der Waals surface area contributed by atoms with Crippen molar-refractivity contribution in [2.75, 3.05) is 51.7 Å². The predicted octanol–water partition coefficient (Wildman–Crippen LogP) is 2.27. The number of rotatable bonds is 6. The maximum atomic E-state index is 12.8. The summed E-state index contributed by atoms with van der Waals surface area (Å²) in [4.78, 5) is 42.9. The van der Waals surface area contributed by atoms with Crippen molar-refractivity contribution in [1.29, 1.82) is 0 Å². The average molecular weight is 465 g/mol. The number of hydrogen-bond donors (Lipinski definition) is 2. The van der Waals surface area contributed by atoms with Gasteiger partial charge in [-0.1, -0.05) is 0 Å². The van der Waals surface area contributed by atoms with Gasteiger partial charge in [0.05, 0.1) is 25.8 Å². The Morgan fingerprint density at radius 1 is 0.938 bits per heavy atom. The van der Waals surface area contributed by atoms with E-state index in [1.165, 1.54) is 23.3 Å². The van der Waals surface area contributed by atoms with Gasteiger partial charge < -0.3 is 15.4 Å². The fourth-order valence-corrected chi connectivity index (χ4v) is 5.64. The van der Waals surface area contributed by atoms with E-state index in [0.29, 0.717) is 17.1 Å². The fourth-order valence-electron chi connectivity index (χ4n) is 4.34. The van der Waals surface area contributed by atoms with Crippen LogP contribution in [0.5, 0.6) is 0 Å². The second-order valence-corrected chi connectivity index (χ2v) is 10.8. The lowest BCUT2D eigenvalue weighted by molar-refractivity contribution is -0.123. The Hall–Kier alpha value is -1.97. The topological polar surface area (TPSA) is 91.0 Å². The lowest BCUT2D eigenvalue weighted by atomic mass is 9.95. The molecule has 0 unspecified atom stereocenters. The van der Waals surface area contributed by atoms with E-state index in [2.05, 4.69) is 20.4 Å². The number of carbonyl (C=O) groups excluding carboxylic acids is 3. The van der Waals surface area contributed by atoms with Crippen LogP contribution in [0.15, 0.2) is 0 Å². The van der Waals surface area contributed by atoms with Crippen molar-refractivity contribution >= 4 is 34.1 Å². The number of methoxy groups -OCH3 is 1. The van der Waals surface area contributed by atoms with Crippen molar-refractivity contribution in [2.24, 2.45) is 0 Å². The summed E-state index contributed by atoms with van der Waals surface area (Å²) in [5, 5.41) is 6.60. The number of nitrogens with one attached hydrogen (secondary N) is 2. The molecule has 1 aliphatic carbocycles. The van der Waals surface area contributed by atoms with E-state index in [1.54, 1.807) is 0 Å². The Bertz CT molecular complexity index is 846. The van der Waals surface area contributed by atoms with Gasteiger partial charge in [0.25, 0.3) is 0 Å². The van der Waals surface area contributed by atoms with Crippen LogP contribution in [0.1, 0.15) is 60.8 Å². The molecule has 3 rings (SSSR count). The van der Waals surface area contributed by atoms with Crippen LogP contribution in [-0.2, 0) is 27.2 Å². The SMILES string of the molecule is COC(=O)c1c(NC(=O)CN2CCCN(CC(=O)NC(C)(C)C)CC2)sc2c1CCCC2. The summed E-state index contributed by atoms with van der Waals surface area (Å²) in [5.41, 5.74) is 1.34. The van der Waals surface area contributed by atoms with Gasteiger partial charge >= 0.3 is 5.97 Å². The van der Waals surface area contributed by atoms with Crippen LogP contribution in [0, 0.1) is 0 Å². The van der Waals surface area contributed by atoms with E-state index in [9.17, 15) is 14.4 Å². The Morgan fingerprint density at radius 2 is 1.56 bits per heavy atom.